The topological polar surface area (TPSA) is 49.8 Å². The van der Waals surface area contributed by atoms with Gasteiger partial charge < -0.3 is 9.84 Å². The molecule has 0 amide bonds. The van der Waals surface area contributed by atoms with E-state index in [1.165, 1.54) is 7.11 Å². The Kier molecular flexibility index (Phi) is 3.81. The third kappa shape index (κ3) is 2.98. The number of hydrogen-bond acceptors (Lipinski definition) is 3. The molecule has 98 valence electrons. The molecule has 1 aliphatic carbocycles. The van der Waals surface area contributed by atoms with Crippen molar-refractivity contribution in [3.8, 4) is 5.75 Å². The van der Waals surface area contributed by atoms with E-state index in [9.17, 15) is 9.18 Å². The Labute approximate surface area is 105 Å². The van der Waals surface area contributed by atoms with Crippen molar-refractivity contribution in [2.24, 2.45) is 0 Å². The van der Waals surface area contributed by atoms with E-state index in [0.717, 1.165) is 12.8 Å². The maximum absolute atomic E-state index is 14.0. The zero-order chi connectivity index (χ0) is 13.1. The lowest BCUT2D eigenvalue weighted by molar-refractivity contribution is -0.138. The number of carboxylic acid groups (broad SMARTS) is 1. The van der Waals surface area contributed by atoms with Gasteiger partial charge in [0.05, 0.1) is 13.7 Å². The molecule has 0 radical (unpaired) electrons. The fraction of sp³-hybridized carbons (Fsp3) is 0.462. The molecule has 2 rings (SSSR count). The van der Waals surface area contributed by atoms with Gasteiger partial charge in [0, 0.05) is 18.2 Å². The number of carboxylic acids is 1. The van der Waals surface area contributed by atoms with E-state index in [-0.39, 0.29) is 18.3 Å². The molecule has 18 heavy (non-hydrogen) atoms. The van der Waals surface area contributed by atoms with Gasteiger partial charge in [-0.1, -0.05) is 12.1 Å². The number of benzene rings is 1. The van der Waals surface area contributed by atoms with Crippen LogP contribution >= 0.6 is 0 Å². The van der Waals surface area contributed by atoms with Crippen molar-refractivity contribution in [1.29, 1.82) is 0 Å². The number of nitrogens with zero attached hydrogens (tertiary/aromatic N) is 1. The number of halogens is 1. The monoisotopic (exact) mass is 253 g/mol. The molecule has 1 aromatic rings. The highest BCUT2D eigenvalue weighted by atomic mass is 19.1. The predicted octanol–water partition coefficient (Wildman–Crippen LogP) is 1.88. The third-order valence-electron chi connectivity index (χ3n) is 3.04. The molecule has 5 heteroatoms. The molecule has 0 atom stereocenters. The minimum Gasteiger partial charge on any atom is -0.494 e. The van der Waals surface area contributed by atoms with Crippen LogP contribution in [0.1, 0.15) is 18.4 Å². The molecule has 1 saturated carbocycles. The lowest BCUT2D eigenvalue weighted by atomic mass is 10.2. The Morgan fingerprint density at radius 2 is 2.28 bits per heavy atom. The minimum absolute atomic E-state index is 0.0542. The molecule has 1 aliphatic rings. The summed E-state index contributed by atoms with van der Waals surface area (Å²) in [6.45, 7) is 0.251. The summed E-state index contributed by atoms with van der Waals surface area (Å²) in [5.74, 6) is -1.10. The molecule has 0 spiro atoms. The molecular formula is C13H16FNO3. The first kappa shape index (κ1) is 12.8. The van der Waals surface area contributed by atoms with Crippen LogP contribution in [0.3, 0.4) is 0 Å². The van der Waals surface area contributed by atoms with E-state index < -0.39 is 11.8 Å². The zero-order valence-electron chi connectivity index (χ0n) is 10.2. The van der Waals surface area contributed by atoms with Gasteiger partial charge in [0.25, 0.3) is 0 Å². The van der Waals surface area contributed by atoms with Crippen LogP contribution in [0.25, 0.3) is 0 Å². The number of carbonyl (C=O) groups is 1. The Balaban J connectivity index is 2.13. The molecule has 0 bridgehead atoms. The van der Waals surface area contributed by atoms with Gasteiger partial charge in [0.1, 0.15) is 0 Å². The smallest absolute Gasteiger partial charge is 0.317 e. The third-order valence-corrected chi connectivity index (χ3v) is 3.04. The number of ether oxygens (including phenoxy) is 1. The summed E-state index contributed by atoms with van der Waals surface area (Å²) in [4.78, 5) is 12.6. The summed E-state index contributed by atoms with van der Waals surface area (Å²) in [5, 5.41) is 8.85. The van der Waals surface area contributed by atoms with Gasteiger partial charge in [0.2, 0.25) is 0 Å². The van der Waals surface area contributed by atoms with E-state index >= 15 is 0 Å². The maximum Gasteiger partial charge on any atom is 0.317 e. The summed E-state index contributed by atoms with van der Waals surface area (Å²) in [7, 11) is 1.41. The van der Waals surface area contributed by atoms with Crippen LogP contribution in [0, 0.1) is 5.82 Å². The average molecular weight is 253 g/mol. The van der Waals surface area contributed by atoms with Gasteiger partial charge in [-0.2, -0.15) is 0 Å². The Hall–Kier alpha value is -1.62. The number of methoxy groups -OCH3 is 1. The van der Waals surface area contributed by atoms with Gasteiger partial charge in [-0.05, 0) is 18.9 Å². The van der Waals surface area contributed by atoms with Crippen molar-refractivity contribution in [3.05, 3.63) is 29.6 Å². The molecule has 4 nitrogen and oxygen atoms in total. The minimum atomic E-state index is -0.884. The molecule has 0 unspecified atom stereocenters. The summed E-state index contributed by atoms with van der Waals surface area (Å²) < 4.78 is 18.9. The molecular weight excluding hydrogens is 237 g/mol. The summed E-state index contributed by atoms with van der Waals surface area (Å²) in [6, 6.07) is 5.20. The lowest BCUT2D eigenvalue weighted by Crippen LogP contribution is -2.31. The van der Waals surface area contributed by atoms with Gasteiger partial charge in [0.15, 0.2) is 11.6 Å². The van der Waals surface area contributed by atoms with Crippen molar-refractivity contribution in [2.45, 2.75) is 25.4 Å². The fourth-order valence-corrected chi connectivity index (χ4v) is 1.98. The first-order chi connectivity index (χ1) is 8.61. The van der Waals surface area contributed by atoms with Crippen LogP contribution in [-0.4, -0.2) is 35.7 Å². The van der Waals surface area contributed by atoms with Crippen LogP contribution < -0.4 is 4.74 Å². The van der Waals surface area contributed by atoms with Gasteiger partial charge in [-0.3, -0.25) is 9.69 Å². The van der Waals surface area contributed by atoms with Crippen LogP contribution in [0.4, 0.5) is 4.39 Å². The van der Waals surface area contributed by atoms with Crippen molar-refractivity contribution < 1.29 is 19.0 Å². The molecule has 1 fully saturated rings. The Morgan fingerprint density at radius 3 is 2.83 bits per heavy atom. The number of aliphatic carboxylic acids is 1. The fourth-order valence-electron chi connectivity index (χ4n) is 1.98. The van der Waals surface area contributed by atoms with Crippen LogP contribution in [0.5, 0.6) is 5.75 Å². The van der Waals surface area contributed by atoms with Gasteiger partial charge in [-0.25, -0.2) is 4.39 Å². The van der Waals surface area contributed by atoms with Gasteiger partial charge in [-0.15, -0.1) is 0 Å². The molecule has 1 aromatic carbocycles. The van der Waals surface area contributed by atoms with E-state index in [4.69, 9.17) is 9.84 Å². The van der Waals surface area contributed by atoms with Crippen LogP contribution in [0.15, 0.2) is 18.2 Å². The van der Waals surface area contributed by atoms with Crippen molar-refractivity contribution in [2.75, 3.05) is 13.7 Å². The first-order valence-corrected chi connectivity index (χ1v) is 5.89. The normalized spacial score (nSPS) is 14.8. The Bertz CT molecular complexity index is 446. The number of rotatable bonds is 6. The van der Waals surface area contributed by atoms with Crippen LogP contribution in [-0.2, 0) is 11.3 Å². The zero-order valence-corrected chi connectivity index (χ0v) is 10.2. The standard InChI is InChI=1S/C13H16FNO3/c1-18-11-4-2-3-9(13(11)14)7-15(8-12(16)17)10-5-6-10/h2-4,10H,5-8H2,1H3,(H,16,17). The second-order valence-electron chi connectivity index (χ2n) is 4.46. The molecule has 0 heterocycles. The molecule has 0 aromatic heterocycles. The maximum atomic E-state index is 14.0. The predicted molar refractivity (Wildman–Crippen MR) is 64.0 cm³/mol. The summed E-state index contributed by atoms with van der Waals surface area (Å²) >= 11 is 0. The second kappa shape index (κ2) is 5.35. The van der Waals surface area contributed by atoms with Gasteiger partial charge >= 0.3 is 5.97 Å². The highest BCUT2D eigenvalue weighted by Gasteiger charge is 2.30. The lowest BCUT2D eigenvalue weighted by Gasteiger charge is -2.20. The first-order valence-electron chi connectivity index (χ1n) is 5.89. The van der Waals surface area contributed by atoms with E-state index in [1.54, 1.807) is 23.1 Å². The highest BCUT2D eigenvalue weighted by molar-refractivity contribution is 5.69. The van der Waals surface area contributed by atoms with E-state index in [0.29, 0.717) is 12.1 Å². The molecule has 1 N–H and O–H groups in total. The SMILES string of the molecule is COc1cccc(CN(CC(=O)O)C2CC2)c1F. The van der Waals surface area contributed by atoms with Crippen molar-refractivity contribution in [1.82, 2.24) is 4.90 Å². The highest BCUT2D eigenvalue weighted by Crippen LogP contribution is 2.29. The van der Waals surface area contributed by atoms with Crippen molar-refractivity contribution >= 4 is 5.97 Å². The quantitative estimate of drug-likeness (QED) is 0.841. The number of hydrogen-bond donors (Lipinski definition) is 1. The van der Waals surface area contributed by atoms with Crippen molar-refractivity contribution in [3.63, 3.8) is 0 Å². The Morgan fingerprint density at radius 1 is 1.56 bits per heavy atom. The second-order valence-corrected chi connectivity index (χ2v) is 4.46. The molecule has 0 saturated heterocycles. The van der Waals surface area contributed by atoms with E-state index in [2.05, 4.69) is 0 Å². The average Bonchev–Trinajstić information content (AvgIpc) is 3.14. The van der Waals surface area contributed by atoms with E-state index in [1.807, 2.05) is 0 Å². The summed E-state index contributed by atoms with van der Waals surface area (Å²) in [5.41, 5.74) is 0.475. The molecule has 0 aliphatic heterocycles. The summed E-state index contributed by atoms with van der Waals surface area (Å²) in [6.07, 6.45) is 1.97. The van der Waals surface area contributed by atoms with Crippen LogP contribution in [0.2, 0.25) is 0 Å². The largest absolute Gasteiger partial charge is 0.494 e.